The first kappa shape index (κ1) is 15.3. The molecule has 2 rings (SSSR count). The fraction of sp³-hybridized carbons (Fsp3) is 0.0714. The molecule has 0 saturated carbocycles. The quantitative estimate of drug-likeness (QED) is 0.877. The number of hydrogen-bond acceptors (Lipinski definition) is 4. The molecule has 0 unspecified atom stereocenters. The third-order valence-electron chi connectivity index (χ3n) is 2.43. The van der Waals surface area contributed by atoms with E-state index in [0.29, 0.717) is 15.7 Å². The van der Waals surface area contributed by atoms with E-state index < -0.39 is 18.5 Å². The van der Waals surface area contributed by atoms with Crippen LogP contribution in [-0.4, -0.2) is 23.5 Å². The van der Waals surface area contributed by atoms with Gasteiger partial charge in [-0.15, -0.1) is 0 Å². The Morgan fingerprint density at radius 1 is 1.19 bits per heavy atom. The number of carbonyl (C=O) groups excluding carboxylic acids is 2. The Hall–Kier alpha value is -2.11. The first-order chi connectivity index (χ1) is 10.1. The summed E-state index contributed by atoms with van der Waals surface area (Å²) in [4.78, 5) is 27.1. The van der Waals surface area contributed by atoms with Gasteiger partial charge in [0.25, 0.3) is 5.91 Å². The van der Waals surface area contributed by atoms with Crippen LogP contribution in [0.2, 0.25) is 10.0 Å². The van der Waals surface area contributed by atoms with Crippen LogP contribution in [0.5, 0.6) is 0 Å². The van der Waals surface area contributed by atoms with Crippen LogP contribution in [-0.2, 0) is 9.53 Å². The number of ether oxygens (including phenoxy) is 1. The lowest BCUT2D eigenvalue weighted by atomic mass is 10.3. The van der Waals surface area contributed by atoms with E-state index in [9.17, 15) is 9.59 Å². The second-order valence-corrected chi connectivity index (χ2v) is 4.81. The smallest absolute Gasteiger partial charge is 0.340 e. The van der Waals surface area contributed by atoms with Crippen molar-refractivity contribution >= 4 is 40.8 Å². The summed E-state index contributed by atoms with van der Waals surface area (Å²) >= 11 is 11.6. The summed E-state index contributed by atoms with van der Waals surface area (Å²) in [5.74, 6) is -1.10. The number of nitrogens with one attached hydrogen (secondary N) is 1. The van der Waals surface area contributed by atoms with Gasteiger partial charge < -0.3 is 10.1 Å². The lowest BCUT2D eigenvalue weighted by Gasteiger charge is -2.07. The van der Waals surface area contributed by atoms with E-state index >= 15 is 0 Å². The highest BCUT2D eigenvalue weighted by Crippen LogP contribution is 2.24. The maximum absolute atomic E-state index is 11.7. The molecule has 2 aromatic rings. The van der Waals surface area contributed by atoms with Gasteiger partial charge in [-0.2, -0.15) is 0 Å². The van der Waals surface area contributed by atoms with Gasteiger partial charge in [0, 0.05) is 18.1 Å². The molecule has 0 spiro atoms. The number of amides is 1. The number of pyridine rings is 1. The number of hydrogen-bond donors (Lipinski definition) is 1. The molecule has 1 amide bonds. The van der Waals surface area contributed by atoms with E-state index in [1.807, 2.05) is 0 Å². The Bertz CT molecular complexity index is 663. The SMILES string of the molecule is O=C(COC(=O)c1cccnc1)Nc1ccc(Cl)c(Cl)c1. The van der Waals surface area contributed by atoms with Crippen molar-refractivity contribution in [2.45, 2.75) is 0 Å². The second kappa shape index (κ2) is 7.06. The highest BCUT2D eigenvalue weighted by molar-refractivity contribution is 6.42. The van der Waals surface area contributed by atoms with Gasteiger partial charge >= 0.3 is 5.97 Å². The van der Waals surface area contributed by atoms with E-state index in [1.54, 1.807) is 24.3 Å². The van der Waals surface area contributed by atoms with Crippen LogP contribution in [0.4, 0.5) is 5.69 Å². The van der Waals surface area contributed by atoms with Gasteiger partial charge in [0.15, 0.2) is 6.61 Å². The summed E-state index contributed by atoms with van der Waals surface area (Å²) < 4.78 is 4.87. The summed E-state index contributed by atoms with van der Waals surface area (Å²) in [7, 11) is 0. The molecule has 0 aliphatic carbocycles. The molecule has 108 valence electrons. The molecule has 0 saturated heterocycles. The number of nitrogens with zero attached hydrogens (tertiary/aromatic N) is 1. The summed E-state index contributed by atoms with van der Waals surface area (Å²) in [6.45, 7) is -0.409. The summed E-state index contributed by atoms with van der Waals surface area (Å²) in [5, 5.41) is 3.25. The number of anilines is 1. The second-order valence-electron chi connectivity index (χ2n) is 3.99. The van der Waals surface area contributed by atoms with Crippen molar-refractivity contribution in [2.75, 3.05) is 11.9 Å². The first-order valence-corrected chi connectivity index (χ1v) is 6.64. The van der Waals surface area contributed by atoms with E-state index in [0.717, 1.165) is 0 Å². The minimum Gasteiger partial charge on any atom is -0.452 e. The van der Waals surface area contributed by atoms with Gasteiger partial charge in [0.05, 0.1) is 15.6 Å². The highest BCUT2D eigenvalue weighted by atomic mass is 35.5. The van der Waals surface area contributed by atoms with Crippen LogP contribution >= 0.6 is 23.2 Å². The fourth-order valence-corrected chi connectivity index (χ4v) is 1.77. The Morgan fingerprint density at radius 3 is 2.67 bits per heavy atom. The maximum Gasteiger partial charge on any atom is 0.340 e. The van der Waals surface area contributed by atoms with Gasteiger partial charge in [-0.05, 0) is 30.3 Å². The molecule has 7 heteroatoms. The lowest BCUT2D eigenvalue weighted by Crippen LogP contribution is -2.20. The summed E-state index contributed by atoms with van der Waals surface area (Å²) in [6.07, 6.45) is 2.90. The highest BCUT2D eigenvalue weighted by Gasteiger charge is 2.10. The third kappa shape index (κ3) is 4.44. The molecule has 0 aliphatic heterocycles. The molecule has 0 fully saturated rings. The zero-order valence-electron chi connectivity index (χ0n) is 10.7. The Morgan fingerprint density at radius 2 is 2.00 bits per heavy atom. The van der Waals surface area contributed by atoms with Gasteiger partial charge in [-0.1, -0.05) is 23.2 Å². The number of carbonyl (C=O) groups is 2. The lowest BCUT2D eigenvalue weighted by molar-refractivity contribution is -0.119. The zero-order valence-corrected chi connectivity index (χ0v) is 12.2. The van der Waals surface area contributed by atoms with Crippen LogP contribution in [0.15, 0.2) is 42.7 Å². The first-order valence-electron chi connectivity index (χ1n) is 5.88. The number of benzene rings is 1. The molecule has 1 aromatic heterocycles. The molecule has 0 aliphatic rings. The average Bonchev–Trinajstić information content (AvgIpc) is 2.49. The van der Waals surface area contributed by atoms with Gasteiger partial charge in [0.1, 0.15) is 0 Å². The van der Waals surface area contributed by atoms with Crippen molar-refractivity contribution in [1.82, 2.24) is 4.98 Å². The number of halogens is 2. The third-order valence-corrected chi connectivity index (χ3v) is 3.17. The topological polar surface area (TPSA) is 68.3 Å². The minimum atomic E-state index is -0.618. The normalized spacial score (nSPS) is 10.0. The molecular formula is C14H10Cl2N2O3. The molecule has 21 heavy (non-hydrogen) atoms. The van der Waals surface area contributed by atoms with Crippen molar-refractivity contribution in [1.29, 1.82) is 0 Å². The van der Waals surface area contributed by atoms with Crippen LogP contribution in [0, 0.1) is 0 Å². The van der Waals surface area contributed by atoms with Crippen molar-refractivity contribution in [2.24, 2.45) is 0 Å². The van der Waals surface area contributed by atoms with Crippen LogP contribution < -0.4 is 5.32 Å². The molecule has 0 atom stereocenters. The summed E-state index contributed by atoms with van der Waals surface area (Å²) in [5.41, 5.74) is 0.742. The number of esters is 1. The van der Waals surface area contributed by atoms with Crippen molar-refractivity contribution in [3.63, 3.8) is 0 Å². The monoisotopic (exact) mass is 324 g/mol. The van der Waals surface area contributed by atoms with E-state index in [1.165, 1.54) is 18.5 Å². The molecule has 1 N–H and O–H groups in total. The van der Waals surface area contributed by atoms with Crippen molar-refractivity contribution in [3.05, 3.63) is 58.3 Å². The van der Waals surface area contributed by atoms with Gasteiger partial charge in [0.2, 0.25) is 0 Å². The van der Waals surface area contributed by atoms with Gasteiger partial charge in [-0.25, -0.2) is 4.79 Å². The molecule has 0 bridgehead atoms. The van der Waals surface area contributed by atoms with Gasteiger partial charge in [-0.3, -0.25) is 9.78 Å². The zero-order chi connectivity index (χ0) is 15.2. The minimum absolute atomic E-state index is 0.278. The molecular weight excluding hydrogens is 315 g/mol. The molecule has 5 nitrogen and oxygen atoms in total. The average molecular weight is 325 g/mol. The molecule has 1 aromatic carbocycles. The fourth-order valence-electron chi connectivity index (χ4n) is 1.47. The largest absolute Gasteiger partial charge is 0.452 e. The predicted molar refractivity (Wildman–Crippen MR) is 79.6 cm³/mol. The van der Waals surface area contributed by atoms with Crippen LogP contribution in [0.3, 0.4) is 0 Å². The van der Waals surface area contributed by atoms with E-state index in [-0.39, 0.29) is 5.56 Å². The molecule has 1 heterocycles. The Balaban J connectivity index is 1.87. The van der Waals surface area contributed by atoms with Crippen molar-refractivity contribution in [3.8, 4) is 0 Å². The molecule has 0 radical (unpaired) electrons. The number of aromatic nitrogens is 1. The maximum atomic E-state index is 11.7. The van der Waals surface area contributed by atoms with E-state index in [4.69, 9.17) is 27.9 Å². The predicted octanol–water partition coefficient (Wildman–Crippen LogP) is 3.18. The summed E-state index contributed by atoms with van der Waals surface area (Å²) in [6, 6.07) is 7.81. The number of rotatable bonds is 4. The Kier molecular flexibility index (Phi) is 5.14. The Labute approximate surface area is 130 Å². The van der Waals surface area contributed by atoms with E-state index in [2.05, 4.69) is 10.3 Å². The van der Waals surface area contributed by atoms with Crippen LogP contribution in [0.1, 0.15) is 10.4 Å². The standard InChI is InChI=1S/C14H10Cl2N2O3/c15-11-4-3-10(6-12(11)16)18-13(19)8-21-14(20)9-2-1-5-17-7-9/h1-7H,8H2,(H,18,19). The van der Waals surface area contributed by atoms with Crippen LogP contribution in [0.25, 0.3) is 0 Å². The van der Waals surface area contributed by atoms with Crippen molar-refractivity contribution < 1.29 is 14.3 Å².